The van der Waals surface area contributed by atoms with Crippen molar-refractivity contribution in [2.45, 2.75) is 32.0 Å². The van der Waals surface area contributed by atoms with E-state index < -0.39 is 0 Å². The average molecular weight is 313 g/mol. The molecule has 0 aromatic heterocycles. The van der Waals surface area contributed by atoms with Crippen molar-refractivity contribution in [2.24, 2.45) is 5.73 Å². The van der Waals surface area contributed by atoms with E-state index in [-0.39, 0.29) is 18.1 Å². The van der Waals surface area contributed by atoms with Crippen molar-refractivity contribution in [3.63, 3.8) is 0 Å². The third-order valence-electron chi connectivity index (χ3n) is 3.09. The lowest BCUT2D eigenvalue weighted by Gasteiger charge is -2.13. The molecule has 2 rings (SSSR count). The van der Waals surface area contributed by atoms with E-state index in [2.05, 4.69) is 21.2 Å². The van der Waals surface area contributed by atoms with Gasteiger partial charge >= 0.3 is 0 Å². The molecule has 0 bridgehead atoms. The zero-order valence-electron chi connectivity index (χ0n) is 10.3. The van der Waals surface area contributed by atoms with E-state index in [0.29, 0.717) is 6.54 Å². The zero-order valence-corrected chi connectivity index (χ0v) is 11.9. The van der Waals surface area contributed by atoms with Crippen molar-refractivity contribution in [3.8, 4) is 0 Å². The van der Waals surface area contributed by atoms with Gasteiger partial charge in [-0.15, -0.1) is 0 Å². The molecule has 0 aliphatic carbocycles. The molecule has 4 nitrogen and oxygen atoms in total. The largest absolute Gasteiger partial charge is 0.364 e. The standard InChI is InChI=1S/C13H17BrN2O2/c1-8-6-9(2-4-11(8)14)16-13(17)12-5-3-10(7-15)18-12/h2,4,6,10,12H,3,5,7,15H2,1H3,(H,16,17)/t10-,12+/m1/s1. The molecule has 98 valence electrons. The van der Waals surface area contributed by atoms with Crippen LogP contribution in [0.3, 0.4) is 0 Å². The number of aryl methyl sites for hydroxylation is 1. The van der Waals surface area contributed by atoms with Crippen LogP contribution >= 0.6 is 15.9 Å². The molecule has 1 aromatic carbocycles. The minimum absolute atomic E-state index is 0.0207. The van der Waals surface area contributed by atoms with Gasteiger partial charge in [-0.3, -0.25) is 4.79 Å². The Bertz CT molecular complexity index is 451. The first-order valence-electron chi connectivity index (χ1n) is 6.02. The predicted molar refractivity (Wildman–Crippen MR) is 74.5 cm³/mol. The fraction of sp³-hybridized carbons (Fsp3) is 0.462. The van der Waals surface area contributed by atoms with Crippen molar-refractivity contribution < 1.29 is 9.53 Å². The quantitative estimate of drug-likeness (QED) is 0.899. The summed E-state index contributed by atoms with van der Waals surface area (Å²) >= 11 is 3.43. The number of benzene rings is 1. The molecule has 3 N–H and O–H groups in total. The number of amides is 1. The van der Waals surface area contributed by atoms with Crippen molar-refractivity contribution in [1.29, 1.82) is 0 Å². The number of halogens is 1. The summed E-state index contributed by atoms with van der Waals surface area (Å²) in [6.45, 7) is 2.46. The van der Waals surface area contributed by atoms with Crippen LogP contribution in [0.4, 0.5) is 5.69 Å². The third kappa shape index (κ3) is 3.10. The van der Waals surface area contributed by atoms with Crippen molar-refractivity contribution in [2.75, 3.05) is 11.9 Å². The maximum Gasteiger partial charge on any atom is 0.253 e. The van der Waals surface area contributed by atoms with E-state index in [1.807, 2.05) is 25.1 Å². The zero-order chi connectivity index (χ0) is 13.1. The monoisotopic (exact) mass is 312 g/mol. The molecule has 1 aliphatic heterocycles. The predicted octanol–water partition coefficient (Wildman–Crippen LogP) is 2.20. The highest BCUT2D eigenvalue weighted by Gasteiger charge is 2.29. The molecule has 5 heteroatoms. The van der Waals surface area contributed by atoms with Gasteiger partial charge in [0.25, 0.3) is 5.91 Å². The van der Waals surface area contributed by atoms with Gasteiger partial charge in [0, 0.05) is 16.7 Å². The van der Waals surface area contributed by atoms with Crippen LogP contribution in [0.2, 0.25) is 0 Å². The number of rotatable bonds is 3. The van der Waals surface area contributed by atoms with Gasteiger partial charge in [0.1, 0.15) is 6.10 Å². The second kappa shape index (κ2) is 5.82. The summed E-state index contributed by atoms with van der Waals surface area (Å²) in [6.07, 6.45) is 1.24. The number of nitrogens with two attached hydrogens (primary N) is 1. The first-order chi connectivity index (χ1) is 8.60. The Morgan fingerprint density at radius 2 is 2.33 bits per heavy atom. The normalized spacial score (nSPS) is 23.1. The molecular weight excluding hydrogens is 296 g/mol. The minimum atomic E-state index is -0.373. The maximum absolute atomic E-state index is 12.0. The van der Waals surface area contributed by atoms with Gasteiger partial charge < -0.3 is 15.8 Å². The second-order valence-electron chi connectivity index (χ2n) is 4.51. The summed E-state index contributed by atoms with van der Waals surface area (Å²) in [5.74, 6) is -0.0901. The Balaban J connectivity index is 1.97. The summed E-state index contributed by atoms with van der Waals surface area (Å²) in [5.41, 5.74) is 7.40. The van der Waals surface area contributed by atoms with Gasteiger partial charge in [0.05, 0.1) is 6.10 Å². The highest BCUT2D eigenvalue weighted by atomic mass is 79.9. The van der Waals surface area contributed by atoms with E-state index in [0.717, 1.165) is 28.6 Å². The van der Waals surface area contributed by atoms with Crippen LogP contribution in [-0.4, -0.2) is 24.7 Å². The van der Waals surface area contributed by atoms with Gasteiger partial charge in [-0.05, 0) is 43.5 Å². The Labute approximate surface area is 115 Å². The van der Waals surface area contributed by atoms with E-state index in [9.17, 15) is 4.79 Å². The smallest absolute Gasteiger partial charge is 0.253 e. The Kier molecular flexibility index (Phi) is 4.37. The number of nitrogens with one attached hydrogen (secondary N) is 1. The number of carbonyl (C=O) groups is 1. The summed E-state index contributed by atoms with van der Waals surface area (Å²) in [4.78, 5) is 12.0. The molecule has 0 saturated carbocycles. The van der Waals surface area contributed by atoms with E-state index >= 15 is 0 Å². The molecule has 0 unspecified atom stereocenters. The summed E-state index contributed by atoms with van der Waals surface area (Å²) in [7, 11) is 0. The van der Waals surface area contributed by atoms with Crippen LogP contribution in [0.5, 0.6) is 0 Å². The van der Waals surface area contributed by atoms with Crippen molar-refractivity contribution in [3.05, 3.63) is 28.2 Å². The summed E-state index contributed by atoms with van der Waals surface area (Å²) in [5, 5.41) is 2.87. The minimum Gasteiger partial charge on any atom is -0.364 e. The molecule has 1 fully saturated rings. The number of ether oxygens (including phenoxy) is 1. The number of hydrogen-bond donors (Lipinski definition) is 2. The van der Waals surface area contributed by atoms with Gasteiger partial charge in [-0.1, -0.05) is 15.9 Å². The molecule has 1 heterocycles. The number of carbonyl (C=O) groups excluding carboxylic acids is 1. The Morgan fingerprint density at radius 1 is 1.56 bits per heavy atom. The van der Waals surface area contributed by atoms with E-state index in [1.165, 1.54) is 0 Å². The molecule has 1 aromatic rings. The van der Waals surface area contributed by atoms with E-state index in [4.69, 9.17) is 10.5 Å². The lowest BCUT2D eigenvalue weighted by Crippen LogP contribution is -2.29. The van der Waals surface area contributed by atoms with Crippen LogP contribution in [0.15, 0.2) is 22.7 Å². The summed E-state index contributed by atoms with van der Waals surface area (Å²) in [6, 6.07) is 5.71. The lowest BCUT2D eigenvalue weighted by atomic mass is 10.1. The molecule has 0 spiro atoms. The molecule has 1 amide bonds. The van der Waals surface area contributed by atoms with Gasteiger partial charge in [-0.2, -0.15) is 0 Å². The van der Waals surface area contributed by atoms with Crippen LogP contribution in [0.25, 0.3) is 0 Å². The van der Waals surface area contributed by atoms with Gasteiger partial charge in [0.15, 0.2) is 0 Å². The molecule has 2 atom stereocenters. The SMILES string of the molecule is Cc1cc(NC(=O)[C@@H]2CC[C@H](CN)O2)ccc1Br. The highest BCUT2D eigenvalue weighted by Crippen LogP contribution is 2.23. The Morgan fingerprint density at radius 3 is 2.94 bits per heavy atom. The summed E-state index contributed by atoms with van der Waals surface area (Å²) < 4.78 is 6.58. The fourth-order valence-corrected chi connectivity index (χ4v) is 2.26. The first kappa shape index (κ1) is 13.5. The maximum atomic E-state index is 12.0. The van der Waals surface area contributed by atoms with Gasteiger partial charge in [0.2, 0.25) is 0 Å². The molecule has 18 heavy (non-hydrogen) atoms. The second-order valence-corrected chi connectivity index (χ2v) is 5.37. The molecule has 1 saturated heterocycles. The topological polar surface area (TPSA) is 64.4 Å². The Hall–Kier alpha value is -0.910. The first-order valence-corrected chi connectivity index (χ1v) is 6.82. The fourth-order valence-electron chi connectivity index (χ4n) is 2.02. The number of hydrogen-bond acceptors (Lipinski definition) is 3. The average Bonchev–Trinajstić information content (AvgIpc) is 2.82. The van der Waals surface area contributed by atoms with E-state index in [1.54, 1.807) is 0 Å². The number of anilines is 1. The lowest BCUT2D eigenvalue weighted by molar-refractivity contribution is -0.126. The van der Waals surface area contributed by atoms with Crippen LogP contribution < -0.4 is 11.1 Å². The van der Waals surface area contributed by atoms with Crippen molar-refractivity contribution >= 4 is 27.5 Å². The molecule has 0 radical (unpaired) electrons. The van der Waals surface area contributed by atoms with Crippen LogP contribution in [0, 0.1) is 6.92 Å². The van der Waals surface area contributed by atoms with Crippen molar-refractivity contribution in [1.82, 2.24) is 0 Å². The molecule has 1 aliphatic rings. The van der Waals surface area contributed by atoms with Gasteiger partial charge in [-0.25, -0.2) is 0 Å². The van der Waals surface area contributed by atoms with Crippen LogP contribution in [-0.2, 0) is 9.53 Å². The highest BCUT2D eigenvalue weighted by molar-refractivity contribution is 9.10. The third-order valence-corrected chi connectivity index (χ3v) is 3.98. The molecular formula is C13H17BrN2O2. The van der Waals surface area contributed by atoms with Crippen LogP contribution in [0.1, 0.15) is 18.4 Å².